The number of oxazole rings is 1. The van der Waals surface area contributed by atoms with E-state index in [1.165, 1.54) is 19.3 Å². The maximum absolute atomic E-state index is 5.92. The Morgan fingerprint density at radius 3 is 2.83 bits per heavy atom. The molecular formula is C13H22N4O. The SMILES string of the molecule is Cc1cnc(C(C)NC(N)=NC2CCCCC2)o1. The van der Waals surface area contributed by atoms with Crippen LogP contribution in [0.15, 0.2) is 15.6 Å². The lowest BCUT2D eigenvalue weighted by atomic mass is 9.96. The number of hydrogen-bond acceptors (Lipinski definition) is 3. The maximum Gasteiger partial charge on any atom is 0.216 e. The second-order valence-electron chi connectivity index (χ2n) is 4.98. The van der Waals surface area contributed by atoms with Gasteiger partial charge < -0.3 is 15.5 Å². The van der Waals surface area contributed by atoms with E-state index in [-0.39, 0.29) is 6.04 Å². The average molecular weight is 250 g/mol. The molecule has 0 amide bonds. The molecule has 0 radical (unpaired) electrons. The van der Waals surface area contributed by atoms with Crippen LogP contribution in [0.2, 0.25) is 0 Å². The number of guanidine groups is 1. The third-order valence-corrected chi connectivity index (χ3v) is 3.27. The van der Waals surface area contributed by atoms with Crippen molar-refractivity contribution in [2.24, 2.45) is 10.7 Å². The summed E-state index contributed by atoms with van der Waals surface area (Å²) in [4.78, 5) is 8.70. The van der Waals surface area contributed by atoms with Crippen molar-refractivity contribution in [2.45, 2.75) is 58.0 Å². The summed E-state index contributed by atoms with van der Waals surface area (Å²) in [5, 5.41) is 3.13. The van der Waals surface area contributed by atoms with Crippen LogP contribution in [0.3, 0.4) is 0 Å². The highest BCUT2D eigenvalue weighted by Gasteiger charge is 2.15. The number of aliphatic imine (C=N–C) groups is 1. The van der Waals surface area contributed by atoms with E-state index in [0.29, 0.717) is 17.9 Å². The third-order valence-electron chi connectivity index (χ3n) is 3.27. The van der Waals surface area contributed by atoms with Gasteiger partial charge in [-0.1, -0.05) is 19.3 Å². The minimum atomic E-state index is -0.0500. The Balaban J connectivity index is 1.89. The number of hydrogen-bond donors (Lipinski definition) is 2. The number of nitrogens with zero attached hydrogens (tertiary/aromatic N) is 2. The second-order valence-corrected chi connectivity index (χ2v) is 4.98. The van der Waals surface area contributed by atoms with Crippen molar-refractivity contribution >= 4 is 5.96 Å². The Morgan fingerprint density at radius 2 is 2.22 bits per heavy atom. The van der Waals surface area contributed by atoms with E-state index in [2.05, 4.69) is 15.3 Å². The first-order chi connectivity index (χ1) is 8.65. The van der Waals surface area contributed by atoms with E-state index < -0.39 is 0 Å². The molecule has 1 aromatic heterocycles. The lowest BCUT2D eigenvalue weighted by Crippen LogP contribution is -2.35. The van der Waals surface area contributed by atoms with Gasteiger partial charge in [0, 0.05) is 0 Å². The van der Waals surface area contributed by atoms with Gasteiger partial charge in [-0.2, -0.15) is 0 Å². The molecule has 2 rings (SSSR count). The van der Waals surface area contributed by atoms with Crippen LogP contribution in [0.25, 0.3) is 0 Å². The third kappa shape index (κ3) is 3.48. The molecule has 0 spiro atoms. The van der Waals surface area contributed by atoms with Gasteiger partial charge in [0.25, 0.3) is 0 Å². The van der Waals surface area contributed by atoms with Gasteiger partial charge in [0.1, 0.15) is 11.8 Å². The summed E-state index contributed by atoms with van der Waals surface area (Å²) < 4.78 is 5.45. The van der Waals surface area contributed by atoms with E-state index in [4.69, 9.17) is 10.2 Å². The molecule has 0 saturated heterocycles. The van der Waals surface area contributed by atoms with Crippen LogP contribution in [0.4, 0.5) is 0 Å². The zero-order valence-electron chi connectivity index (χ0n) is 11.1. The Kier molecular flexibility index (Phi) is 4.23. The molecule has 0 bridgehead atoms. The Labute approximate surface area is 108 Å². The summed E-state index contributed by atoms with van der Waals surface area (Å²) in [7, 11) is 0. The van der Waals surface area contributed by atoms with Gasteiger partial charge in [0.15, 0.2) is 5.96 Å². The molecule has 1 atom stereocenters. The van der Waals surface area contributed by atoms with Gasteiger partial charge in [0.05, 0.1) is 12.2 Å². The van der Waals surface area contributed by atoms with Crippen molar-refractivity contribution in [1.29, 1.82) is 0 Å². The zero-order chi connectivity index (χ0) is 13.0. The van der Waals surface area contributed by atoms with Crippen LogP contribution in [-0.4, -0.2) is 17.0 Å². The summed E-state index contributed by atoms with van der Waals surface area (Å²) in [6.45, 7) is 3.84. The second kappa shape index (κ2) is 5.89. The molecule has 1 aromatic rings. The van der Waals surface area contributed by atoms with Gasteiger partial charge in [-0.05, 0) is 26.7 Å². The van der Waals surface area contributed by atoms with Crippen molar-refractivity contribution in [2.75, 3.05) is 0 Å². The average Bonchev–Trinajstić information content (AvgIpc) is 2.77. The van der Waals surface area contributed by atoms with Gasteiger partial charge in [0.2, 0.25) is 5.89 Å². The Hall–Kier alpha value is -1.52. The summed E-state index contributed by atoms with van der Waals surface area (Å²) in [5.41, 5.74) is 5.92. The molecule has 18 heavy (non-hydrogen) atoms. The zero-order valence-corrected chi connectivity index (χ0v) is 11.1. The highest BCUT2D eigenvalue weighted by Crippen LogP contribution is 2.20. The summed E-state index contributed by atoms with van der Waals surface area (Å²) in [5.74, 6) is 1.95. The van der Waals surface area contributed by atoms with E-state index in [1.807, 2.05) is 13.8 Å². The smallest absolute Gasteiger partial charge is 0.216 e. The first-order valence-electron chi connectivity index (χ1n) is 6.67. The van der Waals surface area contributed by atoms with Crippen LogP contribution in [0.1, 0.15) is 56.7 Å². The maximum atomic E-state index is 5.92. The van der Waals surface area contributed by atoms with E-state index in [0.717, 1.165) is 18.6 Å². The Morgan fingerprint density at radius 1 is 1.50 bits per heavy atom. The largest absolute Gasteiger partial charge is 0.444 e. The fourth-order valence-electron chi connectivity index (χ4n) is 2.30. The van der Waals surface area contributed by atoms with E-state index >= 15 is 0 Å². The van der Waals surface area contributed by atoms with Crippen molar-refractivity contribution in [3.8, 4) is 0 Å². The van der Waals surface area contributed by atoms with Crippen LogP contribution >= 0.6 is 0 Å². The molecule has 1 fully saturated rings. The van der Waals surface area contributed by atoms with Crippen LogP contribution in [0.5, 0.6) is 0 Å². The monoisotopic (exact) mass is 250 g/mol. The van der Waals surface area contributed by atoms with Crippen molar-refractivity contribution < 1.29 is 4.42 Å². The lowest BCUT2D eigenvalue weighted by molar-refractivity contribution is 0.423. The van der Waals surface area contributed by atoms with Gasteiger partial charge in [-0.3, -0.25) is 4.99 Å². The molecular weight excluding hydrogens is 228 g/mol. The highest BCUT2D eigenvalue weighted by atomic mass is 16.4. The minimum Gasteiger partial charge on any atom is -0.444 e. The number of rotatable bonds is 3. The quantitative estimate of drug-likeness (QED) is 0.637. The van der Waals surface area contributed by atoms with Crippen LogP contribution in [-0.2, 0) is 0 Å². The first-order valence-corrected chi connectivity index (χ1v) is 6.67. The van der Waals surface area contributed by atoms with Gasteiger partial charge in [-0.25, -0.2) is 4.98 Å². The lowest BCUT2D eigenvalue weighted by Gasteiger charge is -2.19. The molecule has 1 aliphatic rings. The molecule has 100 valence electrons. The molecule has 0 aliphatic heterocycles. The number of nitrogens with two attached hydrogens (primary N) is 1. The van der Waals surface area contributed by atoms with Gasteiger partial charge >= 0.3 is 0 Å². The van der Waals surface area contributed by atoms with Crippen molar-refractivity contribution in [3.05, 3.63) is 17.8 Å². The minimum absolute atomic E-state index is 0.0500. The number of nitrogens with one attached hydrogen (secondary N) is 1. The van der Waals surface area contributed by atoms with Gasteiger partial charge in [-0.15, -0.1) is 0 Å². The normalized spacial score (nSPS) is 19.8. The van der Waals surface area contributed by atoms with E-state index in [1.54, 1.807) is 6.20 Å². The molecule has 0 aromatic carbocycles. The predicted octanol–water partition coefficient (Wildman–Crippen LogP) is 2.28. The van der Waals surface area contributed by atoms with Crippen molar-refractivity contribution in [3.63, 3.8) is 0 Å². The van der Waals surface area contributed by atoms with E-state index in [9.17, 15) is 0 Å². The van der Waals surface area contributed by atoms with Crippen LogP contribution < -0.4 is 11.1 Å². The molecule has 1 aliphatic carbocycles. The molecule has 1 unspecified atom stereocenters. The number of aromatic nitrogens is 1. The molecule has 1 heterocycles. The number of aryl methyl sites for hydroxylation is 1. The summed E-state index contributed by atoms with van der Waals surface area (Å²) in [6, 6.07) is 0.329. The fourth-order valence-corrected chi connectivity index (χ4v) is 2.30. The summed E-state index contributed by atoms with van der Waals surface area (Å²) >= 11 is 0. The predicted molar refractivity (Wildman–Crippen MR) is 71.3 cm³/mol. The standard InChI is InChI=1S/C13H22N4O/c1-9-8-15-12(18-9)10(2)16-13(14)17-11-6-4-3-5-7-11/h8,10-11H,3-7H2,1-2H3,(H3,14,16,17). The fraction of sp³-hybridized carbons (Fsp3) is 0.692. The molecule has 5 heteroatoms. The topological polar surface area (TPSA) is 76.4 Å². The summed E-state index contributed by atoms with van der Waals surface area (Å²) in [6.07, 6.45) is 7.85. The van der Waals surface area contributed by atoms with Crippen molar-refractivity contribution in [1.82, 2.24) is 10.3 Å². The Bertz CT molecular complexity index is 407. The molecule has 1 saturated carbocycles. The first kappa shape index (κ1) is 12.9. The molecule has 5 nitrogen and oxygen atoms in total. The highest BCUT2D eigenvalue weighted by molar-refractivity contribution is 5.78. The molecule has 3 N–H and O–H groups in total. The van der Waals surface area contributed by atoms with Crippen LogP contribution in [0, 0.1) is 6.92 Å².